The summed E-state index contributed by atoms with van der Waals surface area (Å²) in [4.78, 5) is 34.9. The van der Waals surface area contributed by atoms with Gasteiger partial charge in [-0.1, -0.05) is 0 Å². The number of carbonyl (C=O) groups excluding carboxylic acids is 2. The monoisotopic (exact) mass is 468 g/mol. The quantitative estimate of drug-likeness (QED) is 0.291. The molecule has 4 N–H and O–H groups in total. The number of benzene rings is 2. The molecule has 0 spiro atoms. The van der Waals surface area contributed by atoms with Crippen LogP contribution in [0.2, 0.25) is 0 Å². The van der Waals surface area contributed by atoms with Gasteiger partial charge >= 0.3 is 172 Å². The van der Waals surface area contributed by atoms with Crippen molar-refractivity contribution in [2.45, 2.75) is 12.5 Å². The average molecular weight is 467 g/mol. The van der Waals surface area contributed by atoms with Crippen LogP contribution in [0.15, 0.2) is 48.5 Å². The van der Waals surface area contributed by atoms with E-state index >= 15 is 0 Å². The Bertz CT molecular complexity index is 844. The number of carbonyl (C=O) groups is 3. The molecule has 2 rings (SSSR count). The van der Waals surface area contributed by atoms with Crippen molar-refractivity contribution < 1.29 is 24.2 Å². The second-order valence-corrected chi connectivity index (χ2v) is 9.92. The van der Waals surface area contributed by atoms with Crippen molar-refractivity contribution in [2.24, 2.45) is 5.73 Å². The Kier molecular flexibility index (Phi) is 8.53. The molecular weight excluding hydrogens is 447 g/mol. The zero-order valence-electron chi connectivity index (χ0n) is 15.1. The Labute approximate surface area is 172 Å². The molecule has 0 bridgehead atoms. The summed E-state index contributed by atoms with van der Waals surface area (Å²) in [5.74, 6) is -1.08. The summed E-state index contributed by atoms with van der Waals surface area (Å²) in [7, 11) is 2.89. The van der Waals surface area contributed by atoms with Gasteiger partial charge in [0.05, 0.1) is 0 Å². The summed E-state index contributed by atoms with van der Waals surface area (Å²) in [6, 6.07) is 12.9. The molecule has 28 heavy (non-hydrogen) atoms. The molecule has 0 heterocycles. The van der Waals surface area contributed by atoms with Crippen LogP contribution in [-0.2, 0) is 9.53 Å². The predicted octanol–water partition coefficient (Wildman–Crippen LogP) is 1.51. The van der Waals surface area contributed by atoms with Crippen LogP contribution in [0.3, 0.4) is 0 Å². The van der Waals surface area contributed by atoms with Crippen LogP contribution < -0.4 is 15.5 Å². The fourth-order valence-corrected chi connectivity index (χ4v) is 6.19. The number of ether oxygens (including phenoxy) is 1. The summed E-state index contributed by atoms with van der Waals surface area (Å²) in [5.41, 5.74) is 7.04. The van der Waals surface area contributed by atoms with Gasteiger partial charge in [0.25, 0.3) is 0 Å². The second-order valence-electron chi connectivity index (χ2n) is 5.66. The summed E-state index contributed by atoms with van der Waals surface area (Å²) in [5, 5.41) is 11.6. The van der Waals surface area contributed by atoms with Gasteiger partial charge in [0.15, 0.2) is 0 Å². The van der Waals surface area contributed by atoms with Crippen LogP contribution in [0.1, 0.15) is 27.1 Å². The van der Waals surface area contributed by atoms with Crippen LogP contribution in [0.4, 0.5) is 5.69 Å². The van der Waals surface area contributed by atoms with Gasteiger partial charge in [-0.25, -0.2) is 0 Å². The van der Waals surface area contributed by atoms with Gasteiger partial charge in [-0.05, 0) is 0 Å². The number of aliphatic carboxylic acids is 1. The van der Waals surface area contributed by atoms with E-state index in [1.54, 1.807) is 46.6 Å². The van der Waals surface area contributed by atoms with Gasteiger partial charge in [0.2, 0.25) is 0 Å². The number of esters is 1. The number of methoxy groups -OCH3 is 1. The van der Waals surface area contributed by atoms with Crippen molar-refractivity contribution >= 4 is 52.0 Å². The van der Waals surface area contributed by atoms with E-state index in [2.05, 4.69) is 10.1 Å². The van der Waals surface area contributed by atoms with E-state index < -0.39 is 18.0 Å². The fraction of sp³-hybridized carbons (Fsp3) is 0.211. The van der Waals surface area contributed by atoms with E-state index in [0.717, 1.165) is 4.46 Å². The molecule has 1 atom stereocenters. The molecule has 0 radical (unpaired) electrons. The third-order valence-electron chi connectivity index (χ3n) is 3.67. The van der Waals surface area contributed by atoms with Gasteiger partial charge in [0, 0.05) is 0 Å². The number of hydrogen-bond donors (Lipinski definition) is 3. The van der Waals surface area contributed by atoms with E-state index in [-0.39, 0.29) is 19.7 Å². The number of nitrogens with one attached hydrogen (secondary N) is 1. The Hall–Kier alpha value is -2.32. The van der Waals surface area contributed by atoms with Crippen LogP contribution in [0.5, 0.6) is 0 Å². The third kappa shape index (κ3) is 6.38. The number of nitrogens with two attached hydrogens (primary N) is 1. The molecule has 0 unspecified atom stereocenters. The summed E-state index contributed by atoms with van der Waals surface area (Å²) in [6.07, 6.45) is 0.378. The number of hydrogen-bond acceptors (Lipinski definition) is 6. The van der Waals surface area contributed by atoms with E-state index in [1.807, 2.05) is 12.1 Å². The molecule has 148 valence electrons. The van der Waals surface area contributed by atoms with Crippen molar-refractivity contribution in [1.29, 1.82) is 0 Å². The van der Waals surface area contributed by atoms with E-state index in [9.17, 15) is 14.4 Å². The van der Waals surface area contributed by atoms with Crippen molar-refractivity contribution in [3.05, 3.63) is 59.7 Å². The molecular formula is C19H20N2O5SSe. The number of anilines is 1. The number of carboxylic acids is 1. The predicted molar refractivity (Wildman–Crippen MR) is 110 cm³/mol. The van der Waals surface area contributed by atoms with Crippen molar-refractivity contribution in [3.8, 4) is 0 Å². The van der Waals surface area contributed by atoms with E-state index in [4.69, 9.17) is 10.8 Å². The molecule has 0 saturated heterocycles. The van der Waals surface area contributed by atoms with E-state index in [0.29, 0.717) is 29.0 Å². The Balaban J connectivity index is 1.98. The molecule has 0 saturated carbocycles. The molecule has 9 heteroatoms. The minimum absolute atomic E-state index is 0.0547. The van der Waals surface area contributed by atoms with Crippen molar-refractivity contribution in [1.82, 2.24) is 0 Å². The Morgan fingerprint density at radius 2 is 1.86 bits per heavy atom. The van der Waals surface area contributed by atoms with Crippen LogP contribution in [-0.4, -0.2) is 55.7 Å². The average Bonchev–Trinajstić information content (AvgIpc) is 2.71. The Morgan fingerprint density at radius 3 is 2.50 bits per heavy atom. The van der Waals surface area contributed by atoms with Gasteiger partial charge in [-0.3, -0.25) is 0 Å². The SMILES string of the molecule is COC(=O)c1ccc(NC(=O)c2ccccc2[Se]SCC[C@H](N)C(=O)O)cc1. The molecule has 2 aromatic carbocycles. The van der Waals surface area contributed by atoms with Crippen LogP contribution in [0.25, 0.3) is 0 Å². The first-order chi connectivity index (χ1) is 13.4. The van der Waals surface area contributed by atoms with Crippen molar-refractivity contribution in [2.75, 3.05) is 18.2 Å². The zero-order valence-corrected chi connectivity index (χ0v) is 17.6. The first kappa shape index (κ1) is 22.0. The summed E-state index contributed by atoms with van der Waals surface area (Å²) >= 11 is -0.0547. The molecule has 2 aromatic rings. The molecule has 0 aromatic heterocycles. The second kappa shape index (κ2) is 10.9. The third-order valence-corrected chi connectivity index (χ3v) is 8.04. The van der Waals surface area contributed by atoms with E-state index in [1.165, 1.54) is 7.11 Å². The van der Waals surface area contributed by atoms with Gasteiger partial charge in [-0.15, -0.1) is 0 Å². The number of amides is 1. The minimum atomic E-state index is -1.01. The zero-order chi connectivity index (χ0) is 20.5. The molecule has 0 fully saturated rings. The fourth-order valence-electron chi connectivity index (χ4n) is 2.14. The molecule has 7 nitrogen and oxygen atoms in total. The maximum absolute atomic E-state index is 12.6. The first-order valence-corrected chi connectivity index (χ1v) is 12.2. The van der Waals surface area contributed by atoms with Gasteiger partial charge < -0.3 is 0 Å². The Morgan fingerprint density at radius 1 is 1.18 bits per heavy atom. The van der Waals surface area contributed by atoms with Gasteiger partial charge in [-0.2, -0.15) is 0 Å². The standard InChI is InChI=1S/C19H20N2O5SSe/c1-26-19(25)12-6-8-13(9-7-12)21-17(22)14-4-2-3-5-16(14)28-27-11-10-15(20)18(23)24/h2-9,15H,10-11,20H2,1H3,(H,21,22)(H,23,24)/t15-/m0/s1. The molecule has 0 aliphatic carbocycles. The summed E-state index contributed by atoms with van der Waals surface area (Å²) in [6.45, 7) is 0. The van der Waals surface area contributed by atoms with Crippen LogP contribution in [0, 0.1) is 0 Å². The first-order valence-electron chi connectivity index (χ1n) is 8.29. The molecule has 0 aliphatic rings. The molecule has 1 amide bonds. The van der Waals surface area contributed by atoms with Crippen LogP contribution >= 0.6 is 10.2 Å². The number of rotatable bonds is 9. The van der Waals surface area contributed by atoms with Gasteiger partial charge in [0.1, 0.15) is 0 Å². The number of carboxylic acid groups (broad SMARTS) is 1. The maximum atomic E-state index is 12.6. The van der Waals surface area contributed by atoms with Crippen molar-refractivity contribution in [3.63, 3.8) is 0 Å². The summed E-state index contributed by atoms with van der Waals surface area (Å²) < 4.78 is 5.56. The topological polar surface area (TPSA) is 119 Å². The normalized spacial score (nSPS) is 11.5. The molecule has 0 aliphatic heterocycles.